The molecular weight excluding hydrogens is 382 g/mol. The average molecular weight is 406 g/mol. The molecule has 0 saturated heterocycles. The van der Waals surface area contributed by atoms with Crippen LogP contribution in [0.25, 0.3) is 17.0 Å². The Labute approximate surface area is 182 Å². The second-order valence-corrected chi connectivity index (χ2v) is 7.58. The van der Waals surface area contributed by atoms with Gasteiger partial charge >= 0.3 is 0 Å². The zero-order valence-electron chi connectivity index (χ0n) is 17.6. The van der Waals surface area contributed by atoms with E-state index in [0.29, 0.717) is 5.69 Å². The molecule has 1 heterocycles. The molecule has 4 heteroatoms. The number of nitriles is 1. The minimum atomic E-state index is -0.410. The maximum Gasteiger partial charge on any atom is 0.266 e. The van der Waals surface area contributed by atoms with Crippen molar-refractivity contribution in [1.29, 1.82) is 5.26 Å². The number of nitrogens with zero attached hydrogens (tertiary/aromatic N) is 2. The van der Waals surface area contributed by atoms with Crippen LogP contribution in [0.2, 0.25) is 0 Å². The molecule has 4 aromatic rings. The number of amides is 1. The smallest absolute Gasteiger partial charge is 0.266 e. The normalized spacial score (nSPS) is 11.3. The number of hydrogen-bond acceptors (Lipinski definition) is 2. The zero-order valence-corrected chi connectivity index (χ0v) is 17.6. The van der Waals surface area contributed by atoms with Gasteiger partial charge in [0.2, 0.25) is 0 Å². The number of benzene rings is 3. The summed E-state index contributed by atoms with van der Waals surface area (Å²) in [7, 11) is 0. The molecule has 3 aromatic carbocycles. The quantitative estimate of drug-likeness (QED) is 0.334. The molecule has 0 aliphatic carbocycles. The summed E-state index contributed by atoms with van der Waals surface area (Å²) in [6.07, 6.45) is 1.70. The van der Waals surface area contributed by atoms with Crippen LogP contribution in [-0.4, -0.2) is 10.5 Å². The monoisotopic (exact) mass is 405 g/mol. The number of aryl methyl sites for hydroxylation is 1. The first kappa shape index (κ1) is 20.2. The van der Waals surface area contributed by atoms with Gasteiger partial charge in [0.1, 0.15) is 11.6 Å². The molecule has 1 aromatic heterocycles. The van der Waals surface area contributed by atoms with Crippen LogP contribution in [0.1, 0.15) is 22.4 Å². The van der Waals surface area contributed by atoms with Gasteiger partial charge in [-0.15, -0.1) is 0 Å². The second-order valence-electron chi connectivity index (χ2n) is 7.58. The Balaban J connectivity index is 1.74. The van der Waals surface area contributed by atoms with Gasteiger partial charge in [-0.1, -0.05) is 60.7 Å². The van der Waals surface area contributed by atoms with Crippen molar-refractivity contribution in [2.45, 2.75) is 20.4 Å². The Morgan fingerprint density at radius 3 is 2.48 bits per heavy atom. The van der Waals surface area contributed by atoms with Crippen molar-refractivity contribution in [2.75, 3.05) is 5.32 Å². The highest BCUT2D eigenvalue weighted by atomic mass is 16.1. The molecule has 0 radical (unpaired) electrons. The van der Waals surface area contributed by atoms with Gasteiger partial charge in [0.05, 0.1) is 0 Å². The van der Waals surface area contributed by atoms with E-state index in [9.17, 15) is 10.1 Å². The van der Waals surface area contributed by atoms with Crippen LogP contribution in [-0.2, 0) is 11.3 Å². The first-order valence-electron chi connectivity index (χ1n) is 10.2. The standard InChI is InChI=1S/C27H23N3O/c1-19-9-8-12-23(15-19)29-27(31)22(17-28)16-25-20(2)30(18-21-10-4-3-5-11-21)26-14-7-6-13-24(25)26/h3-16H,18H2,1-2H3,(H,29,31)/b22-16-. The number of anilines is 1. The van der Waals surface area contributed by atoms with Crippen LogP contribution in [0.4, 0.5) is 5.69 Å². The minimum absolute atomic E-state index is 0.0761. The van der Waals surface area contributed by atoms with Gasteiger partial charge in [0.15, 0.2) is 0 Å². The molecule has 0 atom stereocenters. The number of fused-ring (bicyclic) bond motifs is 1. The number of carbonyl (C=O) groups excluding carboxylic acids is 1. The number of nitrogens with one attached hydrogen (secondary N) is 1. The molecule has 0 unspecified atom stereocenters. The van der Waals surface area contributed by atoms with Crippen LogP contribution in [0, 0.1) is 25.2 Å². The van der Waals surface area contributed by atoms with Crippen molar-refractivity contribution in [1.82, 2.24) is 4.57 Å². The molecule has 4 nitrogen and oxygen atoms in total. The van der Waals surface area contributed by atoms with Crippen molar-refractivity contribution in [2.24, 2.45) is 0 Å². The van der Waals surface area contributed by atoms with Crippen LogP contribution < -0.4 is 5.32 Å². The van der Waals surface area contributed by atoms with E-state index in [-0.39, 0.29) is 5.57 Å². The van der Waals surface area contributed by atoms with Crippen molar-refractivity contribution in [3.8, 4) is 6.07 Å². The molecule has 4 rings (SSSR count). The molecular formula is C27H23N3O. The third-order valence-electron chi connectivity index (χ3n) is 5.39. The molecule has 1 N–H and O–H groups in total. The Morgan fingerprint density at radius 2 is 1.74 bits per heavy atom. The van der Waals surface area contributed by atoms with Gasteiger partial charge < -0.3 is 9.88 Å². The molecule has 0 saturated carbocycles. The summed E-state index contributed by atoms with van der Waals surface area (Å²) in [5, 5.41) is 13.6. The Bertz CT molecular complexity index is 1320. The molecule has 0 aliphatic heterocycles. The largest absolute Gasteiger partial charge is 0.340 e. The zero-order chi connectivity index (χ0) is 21.8. The van der Waals surface area contributed by atoms with Crippen molar-refractivity contribution >= 4 is 28.6 Å². The molecule has 0 bridgehead atoms. The van der Waals surface area contributed by atoms with Crippen LogP contribution >= 0.6 is 0 Å². The first-order chi connectivity index (χ1) is 15.1. The number of para-hydroxylation sites is 1. The highest BCUT2D eigenvalue weighted by Gasteiger charge is 2.16. The minimum Gasteiger partial charge on any atom is -0.340 e. The lowest BCUT2D eigenvalue weighted by molar-refractivity contribution is -0.112. The molecule has 1 amide bonds. The predicted octanol–water partition coefficient (Wildman–Crippen LogP) is 5.85. The predicted molar refractivity (Wildman–Crippen MR) is 126 cm³/mol. The number of aromatic nitrogens is 1. The summed E-state index contributed by atoms with van der Waals surface area (Å²) in [5.74, 6) is -0.410. The number of hydrogen-bond donors (Lipinski definition) is 1. The Morgan fingerprint density at radius 1 is 1.00 bits per heavy atom. The average Bonchev–Trinajstić information content (AvgIpc) is 3.03. The van der Waals surface area contributed by atoms with Gasteiger partial charge in [-0.05, 0) is 49.2 Å². The second kappa shape index (κ2) is 8.73. The van der Waals surface area contributed by atoms with Gasteiger partial charge in [0, 0.05) is 34.4 Å². The van der Waals surface area contributed by atoms with Gasteiger partial charge in [-0.25, -0.2) is 0 Å². The Kier molecular flexibility index (Phi) is 5.68. The van der Waals surface area contributed by atoms with Gasteiger partial charge in [-0.3, -0.25) is 4.79 Å². The summed E-state index contributed by atoms with van der Waals surface area (Å²) in [6.45, 7) is 4.71. The van der Waals surface area contributed by atoms with E-state index in [1.807, 2.05) is 74.5 Å². The lowest BCUT2D eigenvalue weighted by atomic mass is 10.1. The van der Waals surface area contributed by atoms with Gasteiger partial charge in [-0.2, -0.15) is 5.26 Å². The fourth-order valence-corrected chi connectivity index (χ4v) is 3.82. The summed E-state index contributed by atoms with van der Waals surface area (Å²) < 4.78 is 2.23. The first-order valence-corrected chi connectivity index (χ1v) is 10.2. The third-order valence-corrected chi connectivity index (χ3v) is 5.39. The topological polar surface area (TPSA) is 57.8 Å². The highest BCUT2D eigenvalue weighted by Crippen LogP contribution is 2.29. The SMILES string of the molecule is Cc1cccc(NC(=O)/C(C#N)=C\c2c(C)n(Cc3ccccc3)c3ccccc23)c1. The van der Waals surface area contributed by atoms with Gasteiger partial charge in [0.25, 0.3) is 5.91 Å². The maximum absolute atomic E-state index is 12.8. The molecule has 0 spiro atoms. The van der Waals surface area contributed by atoms with Crippen molar-refractivity contribution < 1.29 is 4.79 Å². The molecule has 0 fully saturated rings. The molecule has 31 heavy (non-hydrogen) atoms. The van der Waals surface area contributed by atoms with Crippen LogP contribution in [0.3, 0.4) is 0 Å². The molecule has 0 aliphatic rings. The lowest BCUT2D eigenvalue weighted by Crippen LogP contribution is -2.13. The van der Waals surface area contributed by atoms with E-state index in [1.54, 1.807) is 6.08 Å². The van der Waals surface area contributed by atoms with E-state index in [2.05, 4.69) is 34.2 Å². The Hall–Kier alpha value is -4.10. The van der Waals surface area contributed by atoms with E-state index < -0.39 is 5.91 Å². The van der Waals surface area contributed by atoms with Crippen molar-refractivity contribution in [3.05, 3.63) is 107 Å². The summed E-state index contributed by atoms with van der Waals surface area (Å²) in [5.41, 5.74) is 5.97. The summed E-state index contributed by atoms with van der Waals surface area (Å²) in [6, 6.07) is 27.9. The van der Waals surface area contributed by atoms with E-state index in [0.717, 1.165) is 34.3 Å². The number of carbonyl (C=O) groups is 1. The lowest BCUT2D eigenvalue weighted by Gasteiger charge is -2.09. The highest BCUT2D eigenvalue weighted by molar-refractivity contribution is 6.11. The number of rotatable bonds is 5. The van der Waals surface area contributed by atoms with E-state index >= 15 is 0 Å². The van der Waals surface area contributed by atoms with Crippen molar-refractivity contribution in [3.63, 3.8) is 0 Å². The van der Waals surface area contributed by atoms with Crippen LogP contribution in [0.15, 0.2) is 84.4 Å². The van der Waals surface area contributed by atoms with E-state index in [4.69, 9.17) is 0 Å². The fraction of sp³-hybridized carbons (Fsp3) is 0.111. The van der Waals surface area contributed by atoms with E-state index in [1.165, 1.54) is 5.56 Å². The summed E-state index contributed by atoms with van der Waals surface area (Å²) >= 11 is 0. The van der Waals surface area contributed by atoms with Crippen LogP contribution in [0.5, 0.6) is 0 Å². The third kappa shape index (κ3) is 4.26. The fourth-order valence-electron chi connectivity index (χ4n) is 3.82. The maximum atomic E-state index is 12.8. The molecule has 152 valence electrons. The summed E-state index contributed by atoms with van der Waals surface area (Å²) in [4.78, 5) is 12.8.